The topological polar surface area (TPSA) is 82.8 Å². The number of halogens is 6. The molecule has 4 atom stereocenters. The van der Waals surface area contributed by atoms with Crippen molar-refractivity contribution >= 4 is 38.4 Å². The van der Waals surface area contributed by atoms with Gasteiger partial charge in [0.05, 0.1) is 16.4 Å². The van der Waals surface area contributed by atoms with Gasteiger partial charge >= 0.3 is 6.01 Å². The summed E-state index contributed by atoms with van der Waals surface area (Å²) in [5, 5.41) is 16.7. The third-order valence-corrected chi connectivity index (χ3v) is 11.7. The average Bonchev–Trinajstić information content (AvgIpc) is 3.75. The summed E-state index contributed by atoms with van der Waals surface area (Å²) >= 11 is 0. The molecule has 9 rings (SSSR count). The number of rotatable bonds is 9. The second kappa shape index (κ2) is 11.8. The number of nitrogens with zero attached hydrogens (tertiary/aromatic N) is 7. The van der Waals surface area contributed by atoms with Crippen molar-refractivity contribution in [2.45, 2.75) is 49.6 Å². The SMILES string of the molecule is C#Cc1c(F)ccc2cc(O)cc(-c3c(F)c4nc(OC[C@]5(CN(C)C)CC5(F)F)nc(N5CC6CCC(C5)N6CC5CC5(F)F)c4c4cn(C)nc34)c12. The molecule has 2 bridgehead atoms. The van der Waals surface area contributed by atoms with Gasteiger partial charge in [-0.15, -0.1) is 6.42 Å². The molecule has 2 aliphatic carbocycles. The highest BCUT2D eigenvalue weighted by Crippen LogP contribution is 2.61. The molecule has 4 aliphatic rings. The third kappa shape index (κ3) is 5.43. The zero-order valence-corrected chi connectivity index (χ0v) is 29.8. The Labute approximate surface area is 306 Å². The number of alkyl halides is 4. The Hall–Kier alpha value is -4.81. The van der Waals surface area contributed by atoms with E-state index >= 15 is 8.78 Å². The smallest absolute Gasteiger partial charge is 0.319 e. The van der Waals surface area contributed by atoms with E-state index in [1.807, 2.05) is 4.90 Å². The molecule has 15 heteroatoms. The number of terminal acetylenes is 1. The highest BCUT2D eigenvalue weighted by Gasteiger charge is 2.71. The van der Waals surface area contributed by atoms with Crippen molar-refractivity contribution in [3.8, 4) is 35.2 Å². The number of phenolic OH excluding ortho intramolecular Hbond substituents is 1. The van der Waals surface area contributed by atoms with E-state index in [9.17, 15) is 22.7 Å². The molecule has 9 nitrogen and oxygen atoms in total. The number of hydrogen-bond donors (Lipinski definition) is 1. The van der Waals surface area contributed by atoms with Crippen LogP contribution in [0, 0.1) is 35.3 Å². The standard InChI is InChI=1S/C39H37F6N7O2/c1-5-25-28(40)9-6-20-10-24(53)11-26(29(20)25)30-32(41)34-31(27-16-50(4)48-33(27)30)35(47-36(46-34)54-19-37(18-49(2)3)17-39(37,44)45)51-14-22-7-8-23(15-51)52(22)13-21-12-38(21,42)43/h1,6,9-11,16,21-23,53H,7-8,12-15,17-19H2,2-4H3/t21?,22?,23?,37-/m1/s1. The second-order valence-electron chi connectivity index (χ2n) is 15.8. The zero-order valence-electron chi connectivity index (χ0n) is 29.8. The molecule has 1 N–H and O–H groups in total. The number of hydrogen-bond acceptors (Lipinski definition) is 8. The van der Waals surface area contributed by atoms with Crippen molar-refractivity contribution in [1.29, 1.82) is 0 Å². The Morgan fingerprint density at radius 1 is 1.04 bits per heavy atom. The lowest BCUT2D eigenvalue weighted by molar-refractivity contribution is 0.0288. The first kappa shape index (κ1) is 34.9. The molecule has 3 aromatic carbocycles. The predicted octanol–water partition coefficient (Wildman–Crippen LogP) is 6.58. The lowest BCUT2D eigenvalue weighted by Gasteiger charge is -2.42. The summed E-state index contributed by atoms with van der Waals surface area (Å²) in [5.74, 6) is -5.47. The van der Waals surface area contributed by atoms with Gasteiger partial charge in [0.1, 0.15) is 35.0 Å². The molecule has 54 heavy (non-hydrogen) atoms. The van der Waals surface area contributed by atoms with Crippen LogP contribution >= 0.6 is 0 Å². The van der Waals surface area contributed by atoms with Crippen LogP contribution in [0.1, 0.15) is 31.2 Å². The number of aryl methyl sites for hydroxylation is 1. The van der Waals surface area contributed by atoms with Crippen LogP contribution in [0.15, 0.2) is 30.5 Å². The van der Waals surface area contributed by atoms with Crippen LogP contribution in [0.3, 0.4) is 0 Å². The number of piperazine rings is 1. The maximum absolute atomic E-state index is 17.6. The Morgan fingerprint density at radius 2 is 1.74 bits per heavy atom. The van der Waals surface area contributed by atoms with Gasteiger partial charge in [-0.05, 0) is 56.1 Å². The quantitative estimate of drug-likeness (QED) is 0.134. The van der Waals surface area contributed by atoms with Gasteiger partial charge in [-0.2, -0.15) is 15.1 Å². The van der Waals surface area contributed by atoms with Crippen LogP contribution in [0.5, 0.6) is 11.8 Å². The molecule has 4 fully saturated rings. The minimum absolute atomic E-state index is 0.0409. The van der Waals surface area contributed by atoms with Gasteiger partial charge in [-0.25, -0.2) is 26.3 Å². The normalized spacial score (nSPS) is 25.6. The molecular formula is C39H37F6N7O2. The van der Waals surface area contributed by atoms with Gasteiger partial charge in [0.25, 0.3) is 11.8 Å². The molecule has 2 saturated heterocycles. The Balaban J connectivity index is 1.24. The van der Waals surface area contributed by atoms with Crippen LogP contribution in [-0.2, 0) is 7.05 Å². The summed E-state index contributed by atoms with van der Waals surface area (Å²) in [7, 11) is 5.04. The van der Waals surface area contributed by atoms with Crippen molar-refractivity contribution in [3.05, 3.63) is 47.7 Å². The average molecular weight is 750 g/mol. The van der Waals surface area contributed by atoms with Gasteiger partial charge in [-0.1, -0.05) is 12.0 Å². The van der Waals surface area contributed by atoms with E-state index in [1.54, 1.807) is 32.2 Å². The number of phenols is 1. The maximum Gasteiger partial charge on any atom is 0.319 e. The molecule has 2 aliphatic heterocycles. The fraction of sp³-hybridized carbons (Fsp3) is 0.462. The largest absolute Gasteiger partial charge is 0.508 e. The highest BCUT2D eigenvalue weighted by atomic mass is 19.3. The minimum Gasteiger partial charge on any atom is -0.508 e. The fourth-order valence-electron chi connectivity index (χ4n) is 8.96. The molecule has 3 unspecified atom stereocenters. The summed E-state index contributed by atoms with van der Waals surface area (Å²) in [6.07, 6.45) is 8.50. The number of anilines is 1. The molecule has 0 spiro atoms. The third-order valence-electron chi connectivity index (χ3n) is 11.7. The first-order valence-corrected chi connectivity index (χ1v) is 17.9. The van der Waals surface area contributed by atoms with Crippen molar-refractivity contribution in [2.75, 3.05) is 51.8 Å². The Bertz CT molecular complexity index is 2410. The van der Waals surface area contributed by atoms with Crippen LogP contribution in [-0.4, -0.2) is 105 Å². The molecule has 0 radical (unpaired) electrons. The molecule has 2 saturated carbocycles. The lowest BCUT2D eigenvalue weighted by atomic mass is 9.91. The molecule has 2 aromatic heterocycles. The Morgan fingerprint density at radius 3 is 2.37 bits per heavy atom. The summed E-state index contributed by atoms with van der Waals surface area (Å²) in [6.45, 7) is 0.703. The molecule has 4 heterocycles. The number of ether oxygens (including phenoxy) is 1. The van der Waals surface area contributed by atoms with Gasteiger partial charge in [0, 0.05) is 86.6 Å². The van der Waals surface area contributed by atoms with Crippen LogP contribution < -0.4 is 9.64 Å². The molecule has 0 amide bonds. The van der Waals surface area contributed by atoms with E-state index in [4.69, 9.17) is 16.1 Å². The number of fused-ring (bicyclic) bond motifs is 6. The maximum atomic E-state index is 17.6. The molecule has 5 aromatic rings. The zero-order chi connectivity index (χ0) is 38.1. The predicted molar refractivity (Wildman–Crippen MR) is 191 cm³/mol. The molecule has 282 valence electrons. The van der Waals surface area contributed by atoms with Gasteiger partial charge in [0.15, 0.2) is 5.82 Å². The summed E-state index contributed by atoms with van der Waals surface area (Å²) in [6, 6.07) is 4.86. The van der Waals surface area contributed by atoms with Crippen LogP contribution in [0.4, 0.5) is 32.2 Å². The van der Waals surface area contributed by atoms with E-state index in [0.29, 0.717) is 41.6 Å². The molecular weight excluding hydrogens is 712 g/mol. The summed E-state index contributed by atoms with van der Waals surface area (Å²) in [5.41, 5.74) is -1.68. The van der Waals surface area contributed by atoms with Crippen molar-refractivity contribution < 1.29 is 36.2 Å². The van der Waals surface area contributed by atoms with Crippen LogP contribution in [0.25, 0.3) is 43.7 Å². The van der Waals surface area contributed by atoms with Gasteiger partial charge in [-0.3, -0.25) is 9.58 Å². The first-order valence-electron chi connectivity index (χ1n) is 17.9. The fourth-order valence-corrected chi connectivity index (χ4v) is 8.96. The monoisotopic (exact) mass is 749 g/mol. The van der Waals surface area contributed by atoms with Crippen LogP contribution in [0.2, 0.25) is 0 Å². The lowest BCUT2D eigenvalue weighted by Crippen LogP contribution is -2.54. The first-order chi connectivity index (χ1) is 25.6. The van der Waals surface area contributed by atoms with E-state index in [-0.39, 0.29) is 69.9 Å². The van der Waals surface area contributed by atoms with E-state index in [2.05, 4.69) is 20.9 Å². The van der Waals surface area contributed by atoms with Gasteiger partial charge in [0.2, 0.25) is 0 Å². The van der Waals surface area contributed by atoms with Crippen molar-refractivity contribution in [3.63, 3.8) is 0 Å². The number of aromatic hydroxyl groups is 1. The highest BCUT2D eigenvalue weighted by molar-refractivity contribution is 6.18. The van der Waals surface area contributed by atoms with Gasteiger partial charge < -0.3 is 19.6 Å². The Kier molecular flexibility index (Phi) is 7.66. The van der Waals surface area contributed by atoms with Crippen molar-refractivity contribution in [2.24, 2.45) is 18.4 Å². The minimum atomic E-state index is -2.98. The van der Waals surface area contributed by atoms with E-state index in [0.717, 1.165) is 12.8 Å². The summed E-state index contributed by atoms with van der Waals surface area (Å²) in [4.78, 5) is 15.1. The van der Waals surface area contributed by atoms with Crippen molar-refractivity contribution in [1.82, 2.24) is 29.5 Å². The summed E-state index contributed by atoms with van der Waals surface area (Å²) < 4.78 is 97.8. The van der Waals surface area contributed by atoms with E-state index in [1.165, 1.54) is 28.9 Å². The number of benzene rings is 3. The van der Waals surface area contributed by atoms with E-state index < -0.39 is 47.8 Å². The number of aromatic nitrogens is 4. The second-order valence-corrected chi connectivity index (χ2v) is 15.8.